The minimum absolute atomic E-state index is 0. The third-order valence-electron chi connectivity index (χ3n) is 2.94. The Morgan fingerprint density at radius 1 is 1.50 bits per heavy atom. The average Bonchev–Trinajstić information content (AvgIpc) is 2.97. The third kappa shape index (κ3) is 4.66. The van der Waals surface area contributed by atoms with Gasteiger partial charge in [0.2, 0.25) is 5.13 Å². The highest BCUT2D eigenvalue weighted by Gasteiger charge is 2.30. The molecule has 20 heavy (non-hydrogen) atoms. The summed E-state index contributed by atoms with van der Waals surface area (Å²) in [5, 5.41) is 12.3. The molecule has 2 heterocycles. The third-order valence-corrected chi connectivity index (χ3v) is 3.80. The first kappa shape index (κ1) is 17.3. The van der Waals surface area contributed by atoms with E-state index in [1.807, 2.05) is 0 Å². The van der Waals surface area contributed by atoms with Gasteiger partial charge in [0, 0.05) is 13.0 Å². The SMILES string of the molecule is CC(C)Cc1nnc(NC(=O)[C@@H]2CC[C@H](CN)O2)s1.Cl. The van der Waals surface area contributed by atoms with Crippen LogP contribution in [0.3, 0.4) is 0 Å². The number of hydrogen-bond acceptors (Lipinski definition) is 6. The van der Waals surface area contributed by atoms with Gasteiger partial charge in [0.25, 0.3) is 5.91 Å². The zero-order valence-corrected chi connectivity index (χ0v) is 13.3. The molecule has 1 aromatic rings. The van der Waals surface area contributed by atoms with Gasteiger partial charge in [-0.1, -0.05) is 25.2 Å². The molecule has 0 spiro atoms. The minimum atomic E-state index is -0.411. The van der Waals surface area contributed by atoms with Crippen LogP contribution in [-0.2, 0) is 16.0 Å². The summed E-state index contributed by atoms with van der Waals surface area (Å²) in [4.78, 5) is 12.0. The molecule has 0 aromatic carbocycles. The molecule has 8 heteroatoms. The summed E-state index contributed by atoms with van der Waals surface area (Å²) in [5.41, 5.74) is 5.52. The van der Waals surface area contributed by atoms with Crippen LogP contribution in [-0.4, -0.2) is 34.9 Å². The lowest BCUT2D eigenvalue weighted by atomic mass is 10.1. The molecule has 0 saturated carbocycles. The standard InChI is InChI=1S/C12H20N4O2S.ClH/c1-7(2)5-10-15-16-12(19-10)14-11(17)9-4-3-8(6-13)18-9;/h7-9H,3-6,13H2,1-2H3,(H,14,16,17);1H/t8-,9+;/m1./s1. The van der Waals surface area contributed by atoms with Crippen molar-refractivity contribution in [3.63, 3.8) is 0 Å². The molecule has 1 fully saturated rings. The van der Waals surface area contributed by atoms with Crippen LogP contribution in [0, 0.1) is 5.92 Å². The number of nitrogens with one attached hydrogen (secondary N) is 1. The number of anilines is 1. The van der Waals surface area contributed by atoms with E-state index >= 15 is 0 Å². The van der Waals surface area contributed by atoms with E-state index in [4.69, 9.17) is 10.5 Å². The maximum atomic E-state index is 12.0. The van der Waals surface area contributed by atoms with Gasteiger partial charge in [-0.05, 0) is 18.8 Å². The molecule has 0 unspecified atom stereocenters. The normalized spacial score (nSPS) is 21.8. The van der Waals surface area contributed by atoms with Crippen molar-refractivity contribution in [3.8, 4) is 0 Å². The molecule has 114 valence electrons. The Labute approximate surface area is 128 Å². The van der Waals surface area contributed by atoms with Gasteiger partial charge in [0.05, 0.1) is 6.10 Å². The van der Waals surface area contributed by atoms with Crippen LogP contribution in [0.2, 0.25) is 0 Å². The van der Waals surface area contributed by atoms with Crippen LogP contribution in [0.1, 0.15) is 31.7 Å². The Hall–Kier alpha value is -0.760. The van der Waals surface area contributed by atoms with Crippen LogP contribution in [0.25, 0.3) is 0 Å². The molecule has 0 bridgehead atoms. The van der Waals surface area contributed by atoms with Crippen LogP contribution >= 0.6 is 23.7 Å². The van der Waals surface area contributed by atoms with E-state index in [-0.39, 0.29) is 24.4 Å². The fraction of sp³-hybridized carbons (Fsp3) is 0.750. The Bertz CT molecular complexity index is 441. The topological polar surface area (TPSA) is 90.1 Å². The number of halogens is 1. The summed E-state index contributed by atoms with van der Waals surface area (Å²) in [6, 6.07) is 0. The summed E-state index contributed by atoms with van der Waals surface area (Å²) >= 11 is 1.42. The predicted octanol–water partition coefficient (Wildman–Crippen LogP) is 1.60. The quantitative estimate of drug-likeness (QED) is 0.860. The minimum Gasteiger partial charge on any atom is -0.364 e. The van der Waals surface area contributed by atoms with E-state index in [2.05, 4.69) is 29.4 Å². The van der Waals surface area contributed by atoms with E-state index in [0.29, 0.717) is 24.0 Å². The lowest BCUT2D eigenvalue weighted by Crippen LogP contribution is -2.29. The molecule has 1 aliphatic rings. The molecule has 1 aliphatic heterocycles. The molecule has 3 N–H and O–H groups in total. The highest BCUT2D eigenvalue weighted by atomic mass is 35.5. The van der Waals surface area contributed by atoms with Gasteiger partial charge in [-0.15, -0.1) is 22.6 Å². The van der Waals surface area contributed by atoms with Crippen molar-refractivity contribution in [1.29, 1.82) is 0 Å². The van der Waals surface area contributed by atoms with E-state index in [1.165, 1.54) is 11.3 Å². The van der Waals surface area contributed by atoms with Crippen LogP contribution in [0.4, 0.5) is 5.13 Å². The Morgan fingerprint density at radius 2 is 2.25 bits per heavy atom. The monoisotopic (exact) mass is 320 g/mol. The fourth-order valence-corrected chi connectivity index (χ4v) is 2.95. The number of ether oxygens (including phenoxy) is 1. The van der Waals surface area contributed by atoms with Crippen molar-refractivity contribution < 1.29 is 9.53 Å². The van der Waals surface area contributed by atoms with Gasteiger partial charge >= 0.3 is 0 Å². The zero-order valence-electron chi connectivity index (χ0n) is 11.7. The first-order valence-corrected chi connectivity index (χ1v) is 7.39. The van der Waals surface area contributed by atoms with Crippen molar-refractivity contribution in [3.05, 3.63) is 5.01 Å². The van der Waals surface area contributed by atoms with Gasteiger partial charge in [-0.2, -0.15) is 0 Å². The van der Waals surface area contributed by atoms with Crippen LogP contribution < -0.4 is 11.1 Å². The first-order valence-electron chi connectivity index (χ1n) is 6.57. The molecule has 6 nitrogen and oxygen atoms in total. The van der Waals surface area contributed by atoms with E-state index in [1.54, 1.807) is 0 Å². The molecular formula is C12H21ClN4O2S. The lowest BCUT2D eigenvalue weighted by molar-refractivity contribution is -0.126. The molecule has 2 atom stereocenters. The number of nitrogens with two attached hydrogens (primary N) is 1. The first-order chi connectivity index (χ1) is 9.08. The summed E-state index contributed by atoms with van der Waals surface area (Å²) in [6.45, 7) is 4.71. The summed E-state index contributed by atoms with van der Waals surface area (Å²) in [5.74, 6) is 0.378. The van der Waals surface area contributed by atoms with Crippen LogP contribution in [0.5, 0.6) is 0 Å². The van der Waals surface area contributed by atoms with Gasteiger partial charge < -0.3 is 10.5 Å². The van der Waals surface area contributed by atoms with E-state index in [9.17, 15) is 4.79 Å². The molecule has 1 saturated heterocycles. The average molecular weight is 321 g/mol. The van der Waals surface area contributed by atoms with Gasteiger partial charge in [0.1, 0.15) is 11.1 Å². The Kier molecular flexibility index (Phi) is 6.81. The van der Waals surface area contributed by atoms with Crippen molar-refractivity contribution in [2.24, 2.45) is 11.7 Å². The Morgan fingerprint density at radius 3 is 2.85 bits per heavy atom. The number of amides is 1. The van der Waals surface area contributed by atoms with E-state index < -0.39 is 6.10 Å². The van der Waals surface area contributed by atoms with Gasteiger partial charge in [-0.25, -0.2) is 0 Å². The molecule has 0 radical (unpaired) electrons. The van der Waals surface area contributed by atoms with Crippen molar-refractivity contribution >= 4 is 34.8 Å². The summed E-state index contributed by atoms with van der Waals surface area (Å²) in [7, 11) is 0. The number of aromatic nitrogens is 2. The maximum absolute atomic E-state index is 12.0. The number of carbonyl (C=O) groups excluding carboxylic acids is 1. The fourth-order valence-electron chi connectivity index (χ4n) is 1.99. The number of nitrogens with zero attached hydrogens (tertiary/aromatic N) is 2. The molecule has 2 rings (SSSR count). The Balaban J connectivity index is 0.00000200. The maximum Gasteiger partial charge on any atom is 0.255 e. The predicted molar refractivity (Wildman–Crippen MR) is 81.3 cm³/mol. The molecule has 1 amide bonds. The molecule has 1 aromatic heterocycles. The largest absolute Gasteiger partial charge is 0.364 e. The van der Waals surface area contributed by atoms with Crippen molar-refractivity contribution in [1.82, 2.24) is 10.2 Å². The van der Waals surface area contributed by atoms with E-state index in [0.717, 1.165) is 17.8 Å². The second-order valence-corrected chi connectivity index (χ2v) is 6.21. The van der Waals surface area contributed by atoms with Gasteiger partial charge in [0.15, 0.2) is 0 Å². The van der Waals surface area contributed by atoms with Crippen LogP contribution in [0.15, 0.2) is 0 Å². The summed E-state index contributed by atoms with van der Waals surface area (Å²) < 4.78 is 5.54. The number of rotatable bonds is 5. The number of carbonyl (C=O) groups is 1. The smallest absolute Gasteiger partial charge is 0.255 e. The van der Waals surface area contributed by atoms with Crippen molar-refractivity contribution in [2.75, 3.05) is 11.9 Å². The molecular weight excluding hydrogens is 300 g/mol. The highest BCUT2D eigenvalue weighted by molar-refractivity contribution is 7.15. The molecule has 0 aliphatic carbocycles. The second-order valence-electron chi connectivity index (χ2n) is 5.15. The highest BCUT2D eigenvalue weighted by Crippen LogP contribution is 2.22. The number of hydrogen-bond donors (Lipinski definition) is 2. The van der Waals surface area contributed by atoms with Crippen molar-refractivity contribution in [2.45, 2.75) is 45.3 Å². The van der Waals surface area contributed by atoms with Gasteiger partial charge in [-0.3, -0.25) is 10.1 Å². The lowest BCUT2D eigenvalue weighted by Gasteiger charge is -2.10. The zero-order chi connectivity index (χ0) is 13.8. The summed E-state index contributed by atoms with van der Waals surface area (Å²) in [6.07, 6.45) is 2.02. The second kappa shape index (κ2) is 7.87.